The summed E-state index contributed by atoms with van der Waals surface area (Å²) in [7, 11) is 0. The second-order valence-corrected chi connectivity index (χ2v) is 9.89. The standard InChI is InChI=1S/C30H42N2O2/c1-5-7-9-13-19-31-27(22-24-17-18-25-15-11-12-16-26(25)21-24)28(23(3)4)29(33)32(30(31)34)20-14-10-8-6-2/h11-12,15-18,21,23H,5-10,13-14,19-20,22H2,1-4H3. The lowest BCUT2D eigenvalue weighted by Gasteiger charge is -2.22. The van der Waals surface area contributed by atoms with Gasteiger partial charge in [0.25, 0.3) is 5.56 Å². The number of nitrogens with zero attached hydrogens (tertiary/aromatic N) is 2. The monoisotopic (exact) mass is 462 g/mol. The molecular formula is C30H42N2O2. The first-order chi connectivity index (χ1) is 16.5. The van der Waals surface area contributed by atoms with Crippen LogP contribution in [0.5, 0.6) is 0 Å². The second kappa shape index (κ2) is 12.7. The molecule has 0 fully saturated rings. The van der Waals surface area contributed by atoms with Gasteiger partial charge in [-0.25, -0.2) is 4.79 Å². The van der Waals surface area contributed by atoms with Crippen LogP contribution in [0.4, 0.5) is 0 Å². The molecule has 0 spiro atoms. The zero-order valence-electron chi connectivity index (χ0n) is 21.6. The van der Waals surface area contributed by atoms with Gasteiger partial charge in [0.2, 0.25) is 0 Å². The van der Waals surface area contributed by atoms with Gasteiger partial charge in [-0.05, 0) is 35.1 Å². The molecule has 0 unspecified atom stereocenters. The zero-order chi connectivity index (χ0) is 24.5. The van der Waals surface area contributed by atoms with Gasteiger partial charge in [-0.15, -0.1) is 0 Å². The summed E-state index contributed by atoms with van der Waals surface area (Å²) in [6.07, 6.45) is 9.20. The molecule has 3 aromatic rings. The van der Waals surface area contributed by atoms with Gasteiger partial charge >= 0.3 is 5.69 Å². The van der Waals surface area contributed by atoms with Crippen molar-refractivity contribution in [3.8, 4) is 0 Å². The smallest absolute Gasteiger partial charge is 0.297 e. The van der Waals surface area contributed by atoms with Gasteiger partial charge in [-0.2, -0.15) is 0 Å². The van der Waals surface area contributed by atoms with Crippen molar-refractivity contribution >= 4 is 10.8 Å². The topological polar surface area (TPSA) is 44.0 Å². The van der Waals surface area contributed by atoms with Crippen molar-refractivity contribution < 1.29 is 0 Å². The molecular weight excluding hydrogens is 420 g/mol. The quantitative estimate of drug-likeness (QED) is 0.256. The molecule has 4 heteroatoms. The number of unbranched alkanes of at least 4 members (excludes halogenated alkanes) is 6. The Hall–Kier alpha value is -2.62. The predicted molar refractivity (Wildman–Crippen MR) is 144 cm³/mol. The average Bonchev–Trinajstić information content (AvgIpc) is 2.82. The molecule has 184 valence electrons. The summed E-state index contributed by atoms with van der Waals surface area (Å²) in [5.41, 5.74) is 2.64. The summed E-state index contributed by atoms with van der Waals surface area (Å²) < 4.78 is 3.45. The van der Waals surface area contributed by atoms with Gasteiger partial charge in [0.05, 0.1) is 0 Å². The van der Waals surface area contributed by atoms with Crippen LogP contribution in [-0.4, -0.2) is 9.13 Å². The zero-order valence-corrected chi connectivity index (χ0v) is 21.6. The normalized spacial score (nSPS) is 11.6. The highest BCUT2D eigenvalue weighted by molar-refractivity contribution is 5.83. The lowest BCUT2D eigenvalue weighted by molar-refractivity contribution is 0.477. The van der Waals surface area contributed by atoms with Crippen LogP contribution < -0.4 is 11.2 Å². The summed E-state index contributed by atoms with van der Waals surface area (Å²) in [6.45, 7) is 9.72. The van der Waals surface area contributed by atoms with Gasteiger partial charge in [-0.1, -0.05) is 109 Å². The first kappa shape index (κ1) is 26.0. The van der Waals surface area contributed by atoms with E-state index in [0.717, 1.165) is 61.8 Å². The fourth-order valence-electron chi connectivity index (χ4n) is 4.90. The van der Waals surface area contributed by atoms with Gasteiger partial charge < -0.3 is 0 Å². The number of hydrogen-bond acceptors (Lipinski definition) is 2. The van der Waals surface area contributed by atoms with E-state index in [-0.39, 0.29) is 17.2 Å². The van der Waals surface area contributed by atoms with E-state index >= 15 is 0 Å². The van der Waals surface area contributed by atoms with Crippen LogP contribution in [0.2, 0.25) is 0 Å². The molecule has 0 aliphatic rings. The van der Waals surface area contributed by atoms with E-state index in [4.69, 9.17) is 0 Å². The Labute approximate surface area is 204 Å². The van der Waals surface area contributed by atoms with Crippen LogP contribution in [0.25, 0.3) is 10.8 Å². The molecule has 0 N–H and O–H groups in total. The summed E-state index contributed by atoms with van der Waals surface area (Å²) in [6, 6.07) is 14.8. The Morgan fingerprint density at radius 3 is 1.97 bits per heavy atom. The molecule has 1 aromatic heterocycles. The number of hydrogen-bond donors (Lipinski definition) is 0. The van der Waals surface area contributed by atoms with Crippen LogP contribution in [0.1, 0.15) is 102 Å². The van der Waals surface area contributed by atoms with Gasteiger partial charge in [0, 0.05) is 30.8 Å². The lowest BCUT2D eigenvalue weighted by Crippen LogP contribution is -2.44. The molecule has 0 aliphatic heterocycles. The minimum atomic E-state index is -0.127. The van der Waals surface area contributed by atoms with E-state index in [1.165, 1.54) is 21.8 Å². The van der Waals surface area contributed by atoms with E-state index < -0.39 is 0 Å². The molecule has 0 atom stereocenters. The molecule has 0 bridgehead atoms. The van der Waals surface area contributed by atoms with Gasteiger partial charge in [0.15, 0.2) is 0 Å². The molecule has 34 heavy (non-hydrogen) atoms. The van der Waals surface area contributed by atoms with Gasteiger partial charge in [0.1, 0.15) is 0 Å². The molecule has 1 heterocycles. The van der Waals surface area contributed by atoms with Crippen molar-refractivity contribution in [1.29, 1.82) is 0 Å². The number of aromatic nitrogens is 2. The highest BCUT2D eigenvalue weighted by Gasteiger charge is 2.21. The van der Waals surface area contributed by atoms with Crippen LogP contribution in [0, 0.1) is 0 Å². The number of benzene rings is 2. The minimum absolute atomic E-state index is 0.0624. The van der Waals surface area contributed by atoms with E-state index in [9.17, 15) is 9.59 Å². The van der Waals surface area contributed by atoms with E-state index in [1.54, 1.807) is 0 Å². The van der Waals surface area contributed by atoms with Crippen LogP contribution in [-0.2, 0) is 19.5 Å². The van der Waals surface area contributed by atoms with Crippen molar-refractivity contribution in [1.82, 2.24) is 9.13 Å². The fraction of sp³-hybridized carbons (Fsp3) is 0.533. The number of fused-ring (bicyclic) bond motifs is 1. The van der Waals surface area contributed by atoms with Crippen molar-refractivity contribution in [2.75, 3.05) is 0 Å². The first-order valence-corrected chi connectivity index (χ1v) is 13.3. The summed E-state index contributed by atoms with van der Waals surface area (Å²) in [5.74, 6) is 0.0624. The van der Waals surface area contributed by atoms with E-state index in [1.807, 2.05) is 10.6 Å². The second-order valence-electron chi connectivity index (χ2n) is 9.89. The third kappa shape index (κ3) is 6.28. The Balaban J connectivity index is 2.07. The molecule has 3 rings (SSSR count). The fourth-order valence-corrected chi connectivity index (χ4v) is 4.90. The Bertz CT molecular complexity index is 1190. The van der Waals surface area contributed by atoms with Crippen LogP contribution >= 0.6 is 0 Å². The Kier molecular flexibility index (Phi) is 9.74. The number of rotatable bonds is 13. The summed E-state index contributed by atoms with van der Waals surface area (Å²) in [4.78, 5) is 27.2. The third-order valence-corrected chi connectivity index (χ3v) is 6.81. The van der Waals surface area contributed by atoms with Crippen LogP contribution in [0.15, 0.2) is 52.1 Å². The lowest BCUT2D eigenvalue weighted by atomic mass is 9.96. The van der Waals surface area contributed by atoms with E-state index in [2.05, 4.69) is 64.1 Å². The van der Waals surface area contributed by atoms with Crippen molar-refractivity contribution in [2.24, 2.45) is 0 Å². The predicted octanol–water partition coefficient (Wildman–Crippen LogP) is 7.04. The van der Waals surface area contributed by atoms with Crippen LogP contribution in [0.3, 0.4) is 0 Å². The SMILES string of the molecule is CCCCCCn1c(Cc2ccc3ccccc3c2)c(C(C)C)c(=O)n(CCCCCC)c1=O. The molecule has 0 radical (unpaired) electrons. The maximum absolute atomic E-state index is 13.6. The summed E-state index contributed by atoms with van der Waals surface area (Å²) in [5, 5.41) is 2.39. The Morgan fingerprint density at radius 2 is 1.35 bits per heavy atom. The van der Waals surface area contributed by atoms with Crippen molar-refractivity contribution in [3.05, 3.63) is 80.1 Å². The molecule has 0 saturated heterocycles. The maximum atomic E-state index is 13.6. The Morgan fingerprint density at radius 1 is 0.735 bits per heavy atom. The molecule has 0 amide bonds. The average molecular weight is 463 g/mol. The minimum Gasteiger partial charge on any atom is -0.297 e. The van der Waals surface area contributed by atoms with Crippen molar-refractivity contribution in [2.45, 2.75) is 104 Å². The maximum Gasteiger partial charge on any atom is 0.331 e. The molecule has 0 saturated carbocycles. The highest BCUT2D eigenvalue weighted by Crippen LogP contribution is 2.22. The van der Waals surface area contributed by atoms with Crippen molar-refractivity contribution in [3.63, 3.8) is 0 Å². The molecule has 2 aromatic carbocycles. The van der Waals surface area contributed by atoms with E-state index in [0.29, 0.717) is 19.5 Å². The largest absolute Gasteiger partial charge is 0.331 e. The summed E-state index contributed by atoms with van der Waals surface area (Å²) >= 11 is 0. The highest BCUT2D eigenvalue weighted by atomic mass is 16.2. The molecule has 4 nitrogen and oxygen atoms in total. The molecule has 0 aliphatic carbocycles. The third-order valence-electron chi connectivity index (χ3n) is 6.81. The first-order valence-electron chi connectivity index (χ1n) is 13.3. The van der Waals surface area contributed by atoms with Gasteiger partial charge in [-0.3, -0.25) is 13.9 Å².